The molecule has 3 aromatic rings. The van der Waals surface area contributed by atoms with Crippen molar-refractivity contribution < 1.29 is 9.59 Å². The molecule has 0 radical (unpaired) electrons. The lowest BCUT2D eigenvalue weighted by atomic mass is 9.91. The number of imide groups is 1. The number of amides is 2. The highest BCUT2D eigenvalue weighted by atomic mass is 16.2. The molecule has 0 fully saturated rings. The lowest BCUT2D eigenvalue weighted by Gasteiger charge is -2.27. The van der Waals surface area contributed by atoms with E-state index < -0.39 is 0 Å². The first kappa shape index (κ1) is 17.9. The van der Waals surface area contributed by atoms with Crippen molar-refractivity contribution in [3.63, 3.8) is 0 Å². The fourth-order valence-corrected chi connectivity index (χ4v) is 3.54. The first-order valence-electron chi connectivity index (χ1n) is 9.42. The van der Waals surface area contributed by atoms with Gasteiger partial charge in [-0.1, -0.05) is 43.7 Å². The molecule has 0 aromatic heterocycles. The molecule has 2 N–H and O–H groups in total. The summed E-state index contributed by atoms with van der Waals surface area (Å²) < 4.78 is 0. The van der Waals surface area contributed by atoms with Gasteiger partial charge in [0.2, 0.25) is 0 Å². The molecular formula is C23H21N3O2. The Kier molecular flexibility index (Phi) is 4.65. The van der Waals surface area contributed by atoms with E-state index in [4.69, 9.17) is 5.73 Å². The van der Waals surface area contributed by atoms with Crippen molar-refractivity contribution in [2.45, 2.75) is 19.8 Å². The molecule has 0 saturated heterocycles. The number of rotatable bonds is 5. The summed E-state index contributed by atoms with van der Waals surface area (Å²) in [5.74, 6) is -0.448. The molecule has 0 saturated carbocycles. The van der Waals surface area contributed by atoms with Crippen LogP contribution in [0.2, 0.25) is 0 Å². The van der Waals surface area contributed by atoms with Crippen LogP contribution in [0.15, 0.2) is 59.6 Å². The average molecular weight is 371 g/mol. The van der Waals surface area contributed by atoms with Crippen LogP contribution in [0.1, 0.15) is 46.0 Å². The summed E-state index contributed by atoms with van der Waals surface area (Å²) in [6.07, 6.45) is 3.45. The average Bonchev–Trinajstić information content (AvgIpc) is 2.71. The summed E-state index contributed by atoms with van der Waals surface area (Å²) in [4.78, 5) is 31.7. The number of carbonyl (C=O) groups excluding carboxylic acids is 2. The van der Waals surface area contributed by atoms with Gasteiger partial charge in [0, 0.05) is 34.8 Å². The smallest absolute Gasteiger partial charge is 0.261 e. The molecule has 1 aliphatic rings. The quantitative estimate of drug-likeness (QED) is 0.405. The molecule has 1 aliphatic heterocycles. The molecule has 0 bridgehead atoms. The van der Waals surface area contributed by atoms with E-state index in [-0.39, 0.29) is 11.8 Å². The predicted molar refractivity (Wildman–Crippen MR) is 112 cm³/mol. The molecule has 1 heterocycles. The van der Waals surface area contributed by atoms with Crippen LogP contribution in [-0.4, -0.2) is 29.5 Å². The summed E-state index contributed by atoms with van der Waals surface area (Å²) in [7, 11) is 0. The zero-order chi connectivity index (χ0) is 19.7. The van der Waals surface area contributed by atoms with Crippen molar-refractivity contribution in [3.8, 4) is 0 Å². The van der Waals surface area contributed by atoms with Crippen LogP contribution in [0.5, 0.6) is 0 Å². The van der Waals surface area contributed by atoms with Gasteiger partial charge in [-0.2, -0.15) is 0 Å². The molecule has 0 spiro atoms. The number of nitrogens with zero attached hydrogens (tertiary/aromatic N) is 2. The van der Waals surface area contributed by atoms with E-state index in [0.717, 1.165) is 23.8 Å². The van der Waals surface area contributed by atoms with Crippen molar-refractivity contribution in [3.05, 3.63) is 71.3 Å². The van der Waals surface area contributed by atoms with Gasteiger partial charge in [0.25, 0.3) is 11.8 Å². The van der Waals surface area contributed by atoms with Crippen molar-refractivity contribution >= 4 is 40.2 Å². The Morgan fingerprint density at radius 2 is 1.71 bits per heavy atom. The Labute approximate surface area is 163 Å². The summed E-state index contributed by atoms with van der Waals surface area (Å²) in [6.45, 7) is 2.49. The third kappa shape index (κ3) is 2.95. The Morgan fingerprint density at radius 1 is 0.964 bits per heavy atom. The lowest BCUT2D eigenvalue weighted by Crippen LogP contribution is -2.40. The Morgan fingerprint density at radius 3 is 2.46 bits per heavy atom. The summed E-state index contributed by atoms with van der Waals surface area (Å²) in [5.41, 5.74) is 9.21. The lowest BCUT2D eigenvalue weighted by molar-refractivity contribution is 0.0608. The number of nitrogen functional groups attached to an aromatic ring is 1. The van der Waals surface area contributed by atoms with E-state index in [1.807, 2.05) is 43.3 Å². The van der Waals surface area contributed by atoms with Crippen molar-refractivity contribution in [2.24, 2.45) is 4.99 Å². The van der Waals surface area contributed by atoms with E-state index >= 15 is 0 Å². The first-order chi connectivity index (χ1) is 13.6. The second-order valence-electron chi connectivity index (χ2n) is 6.86. The van der Waals surface area contributed by atoms with Crippen molar-refractivity contribution in [2.75, 3.05) is 12.3 Å². The second-order valence-corrected chi connectivity index (χ2v) is 6.86. The molecule has 4 rings (SSSR count). The monoisotopic (exact) mass is 371 g/mol. The van der Waals surface area contributed by atoms with Crippen LogP contribution in [0, 0.1) is 0 Å². The molecule has 0 unspecified atom stereocenters. The third-order valence-corrected chi connectivity index (χ3v) is 5.04. The largest absolute Gasteiger partial charge is 0.397 e. The summed E-state index contributed by atoms with van der Waals surface area (Å²) >= 11 is 0. The van der Waals surface area contributed by atoms with Gasteiger partial charge >= 0.3 is 0 Å². The van der Waals surface area contributed by atoms with Gasteiger partial charge in [-0.05, 0) is 36.1 Å². The highest BCUT2D eigenvalue weighted by Gasteiger charge is 2.32. The van der Waals surface area contributed by atoms with E-state index in [1.165, 1.54) is 4.90 Å². The molecule has 0 aliphatic carbocycles. The molecule has 0 atom stereocenters. The van der Waals surface area contributed by atoms with Crippen LogP contribution >= 0.6 is 0 Å². The van der Waals surface area contributed by atoms with Gasteiger partial charge in [0.05, 0.1) is 11.4 Å². The minimum Gasteiger partial charge on any atom is -0.397 e. The zero-order valence-corrected chi connectivity index (χ0v) is 15.7. The molecule has 2 amide bonds. The van der Waals surface area contributed by atoms with Crippen molar-refractivity contribution in [1.29, 1.82) is 0 Å². The number of anilines is 1. The van der Waals surface area contributed by atoms with Crippen LogP contribution < -0.4 is 5.73 Å². The number of carbonyl (C=O) groups is 2. The van der Waals surface area contributed by atoms with Gasteiger partial charge in [-0.3, -0.25) is 19.5 Å². The van der Waals surface area contributed by atoms with Gasteiger partial charge in [0.1, 0.15) is 0 Å². The fraction of sp³-hybridized carbons (Fsp3) is 0.174. The number of hydrogen-bond donors (Lipinski definition) is 1. The zero-order valence-electron chi connectivity index (χ0n) is 15.7. The minimum absolute atomic E-state index is 0.224. The molecule has 5 nitrogen and oxygen atoms in total. The van der Waals surface area contributed by atoms with Crippen LogP contribution in [0.3, 0.4) is 0 Å². The number of unbranched alkanes of at least 4 members (excludes halogenated alkanes) is 1. The van der Waals surface area contributed by atoms with Gasteiger partial charge in [0.15, 0.2) is 0 Å². The van der Waals surface area contributed by atoms with E-state index in [2.05, 4.69) is 4.99 Å². The van der Waals surface area contributed by atoms with Gasteiger partial charge in [-0.25, -0.2) is 0 Å². The Balaban J connectivity index is 1.82. The molecule has 140 valence electrons. The normalized spacial score (nSPS) is 13.7. The molecule has 28 heavy (non-hydrogen) atoms. The fourth-order valence-electron chi connectivity index (χ4n) is 3.54. The number of benzene rings is 3. The Hall–Kier alpha value is -3.47. The summed E-state index contributed by atoms with van der Waals surface area (Å²) in [5, 5.41) is 1.54. The topological polar surface area (TPSA) is 75.8 Å². The first-order valence-corrected chi connectivity index (χ1v) is 9.42. The molecular weight excluding hydrogens is 350 g/mol. The van der Waals surface area contributed by atoms with E-state index in [1.54, 1.807) is 24.4 Å². The maximum Gasteiger partial charge on any atom is 0.261 e. The highest BCUT2D eigenvalue weighted by molar-refractivity contribution is 6.26. The molecule has 3 aromatic carbocycles. The van der Waals surface area contributed by atoms with Gasteiger partial charge < -0.3 is 5.73 Å². The third-order valence-electron chi connectivity index (χ3n) is 5.04. The maximum atomic E-state index is 12.9. The second kappa shape index (κ2) is 7.27. The number of aliphatic imine (C=N–C) groups is 1. The van der Waals surface area contributed by atoms with Crippen molar-refractivity contribution in [1.82, 2.24) is 4.90 Å². The van der Waals surface area contributed by atoms with Gasteiger partial charge in [-0.15, -0.1) is 0 Å². The standard InChI is InChI=1S/C23H21N3O2/c1-2-3-13-26-22(27)17-8-6-7-16-15(11-12-18(21(16)17)23(26)28)14-25-20-10-5-4-9-19(20)24/h4-12,14H,2-3,13,24H2,1H3. The Bertz CT molecular complexity index is 1100. The van der Waals surface area contributed by atoms with Crippen LogP contribution in [-0.2, 0) is 0 Å². The van der Waals surface area contributed by atoms with E-state index in [0.29, 0.717) is 34.4 Å². The van der Waals surface area contributed by atoms with Crippen LogP contribution in [0.25, 0.3) is 10.8 Å². The predicted octanol–water partition coefficient (Wildman–Crippen LogP) is 4.57. The number of nitrogens with two attached hydrogens (primary N) is 1. The van der Waals surface area contributed by atoms with E-state index in [9.17, 15) is 9.59 Å². The highest BCUT2D eigenvalue weighted by Crippen LogP contribution is 2.32. The maximum absolute atomic E-state index is 12.9. The number of para-hydroxylation sites is 2. The SMILES string of the molecule is CCCCN1C(=O)c2cccc3c(C=Nc4ccccc4N)ccc(c23)C1=O. The molecule has 5 heteroatoms. The minimum atomic E-state index is -0.224. The number of hydrogen-bond acceptors (Lipinski definition) is 4. The van der Waals surface area contributed by atoms with Crippen LogP contribution in [0.4, 0.5) is 11.4 Å². The summed E-state index contributed by atoms with van der Waals surface area (Å²) in [6, 6.07) is 16.6.